The summed E-state index contributed by atoms with van der Waals surface area (Å²) < 4.78 is 1.63. The number of carbonyl (C=O) groups excluding carboxylic acids is 1. The van der Waals surface area contributed by atoms with Crippen molar-refractivity contribution in [3.63, 3.8) is 0 Å². The Hall–Kier alpha value is -3.19. The molecule has 0 fully saturated rings. The van der Waals surface area contributed by atoms with E-state index in [-0.39, 0.29) is 12.5 Å². The van der Waals surface area contributed by atoms with E-state index < -0.39 is 0 Å². The standard InChI is InChI=1S/C21H19N5OS/c27-21(14-26-19-8-4-2-6-17(19)23-24-26)22-16-5-1-3-7-18(16)25-11-9-20-15(13-25)10-12-28-20/h1-8,10,12H,9,11,13-14H2,(H,22,27). The molecule has 1 aliphatic rings. The molecule has 0 aliphatic carbocycles. The number of hydrogen-bond donors (Lipinski definition) is 1. The summed E-state index contributed by atoms with van der Waals surface area (Å²) in [6.07, 6.45) is 1.04. The van der Waals surface area contributed by atoms with Crippen LogP contribution in [-0.4, -0.2) is 27.4 Å². The fourth-order valence-corrected chi connectivity index (χ4v) is 4.56. The zero-order valence-corrected chi connectivity index (χ0v) is 16.0. The third kappa shape index (κ3) is 3.14. The fourth-order valence-electron chi connectivity index (χ4n) is 3.67. The summed E-state index contributed by atoms with van der Waals surface area (Å²) in [5.41, 5.74) is 4.90. The quantitative estimate of drug-likeness (QED) is 0.578. The van der Waals surface area contributed by atoms with E-state index >= 15 is 0 Å². The lowest BCUT2D eigenvalue weighted by atomic mass is 10.1. The van der Waals surface area contributed by atoms with Crippen LogP contribution in [0.4, 0.5) is 11.4 Å². The maximum atomic E-state index is 12.7. The van der Waals surface area contributed by atoms with Gasteiger partial charge in [-0.1, -0.05) is 29.5 Å². The molecule has 1 N–H and O–H groups in total. The molecule has 0 atom stereocenters. The zero-order valence-electron chi connectivity index (χ0n) is 15.2. The second kappa shape index (κ2) is 7.09. The van der Waals surface area contributed by atoms with E-state index in [0.29, 0.717) is 0 Å². The number of benzene rings is 2. The van der Waals surface area contributed by atoms with Crippen LogP contribution in [0.3, 0.4) is 0 Å². The minimum atomic E-state index is -0.115. The minimum absolute atomic E-state index is 0.115. The Morgan fingerprint density at radius 3 is 2.93 bits per heavy atom. The number of anilines is 2. The Morgan fingerprint density at radius 2 is 1.96 bits per heavy atom. The Labute approximate surface area is 166 Å². The van der Waals surface area contributed by atoms with Crippen molar-refractivity contribution in [2.24, 2.45) is 0 Å². The first-order chi connectivity index (χ1) is 13.8. The summed E-state index contributed by atoms with van der Waals surface area (Å²) in [4.78, 5) is 16.5. The topological polar surface area (TPSA) is 63.1 Å². The number of carbonyl (C=O) groups is 1. The smallest absolute Gasteiger partial charge is 0.246 e. The molecular formula is C21H19N5OS. The summed E-state index contributed by atoms with van der Waals surface area (Å²) in [5, 5.41) is 13.4. The number of thiophene rings is 1. The van der Waals surface area contributed by atoms with E-state index in [1.807, 2.05) is 53.8 Å². The van der Waals surface area contributed by atoms with Gasteiger partial charge in [0.2, 0.25) is 5.91 Å². The van der Waals surface area contributed by atoms with Crippen molar-refractivity contribution in [1.82, 2.24) is 15.0 Å². The van der Waals surface area contributed by atoms with Gasteiger partial charge in [0.25, 0.3) is 0 Å². The van der Waals surface area contributed by atoms with Crippen LogP contribution in [0.1, 0.15) is 10.4 Å². The molecule has 0 unspecified atom stereocenters. The highest BCUT2D eigenvalue weighted by atomic mass is 32.1. The predicted octanol–water partition coefficient (Wildman–Crippen LogP) is 3.69. The molecular weight excluding hydrogens is 370 g/mol. The van der Waals surface area contributed by atoms with Gasteiger partial charge < -0.3 is 10.2 Å². The second-order valence-electron chi connectivity index (χ2n) is 6.84. The van der Waals surface area contributed by atoms with Crippen molar-refractivity contribution in [2.75, 3.05) is 16.8 Å². The zero-order chi connectivity index (χ0) is 18.9. The van der Waals surface area contributed by atoms with Gasteiger partial charge in [-0.25, -0.2) is 4.68 Å². The van der Waals surface area contributed by atoms with E-state index in [9.17, 15) is 4.79 Å². The molecule has 0 spiro atoms. The Bertz CT molecular complexity index is 1150. The second-order valence-corrected chi connectivity index (χ2v) is 7.84. The fraction of sp³-hybridized carbons (Fsp3) is 0.190. The van der Waals surface area contributed by atoms with Crippen LogP contribution in [0.2, 0.25) is 0 Å². The molecule has 0 bridgehead atoms. The number of nitrogens with one attached hydrogen (secondary N) is 1. The van der Waals surface area contributed by atoms with Crippen molar-refractivity contribution in [3.8, 4) is 0 Å². The maximum Gasteiger partial charge on any atom is 0.246 e. The molecule has 0 radical (unpaired) electrons. The molecule has 0 saturated carbocycles. The van der Waals surface area contributed by atoms with Crippen LogP contribution in [0.15, 0.2) is 60.0 Å². The molecule has 3 heterocycles. The van der Waals surface area contributed by atoms with E-state index in [1.165, 1.54) is 10.4 Å². The van der Waals surface area contributed by atoms with Gasteiger partial charge in [-0.2, -0.15) is 0 Å². The third-order valence-corrected chi connectivity index (χ3v) is 6.06. The number of fused-ring (bicyclic) bond motifs is 2. The summed E-state index contributed by atoms with van der Waals surface area (Å²) in [5.74, 6) is -0.115. The van der Waals surface area contributed by atoms with Crippen LogP contribution in [0.25, 0.3) is 11.0 Å². The SMILES string of the molecule is O=C(Cn1nnc2ccccc21)Nc1ccccc1N1CCc2sccc2C1. The lowest BCUT2D eigenvalue weighted by Gasteiger charge is -2.30. The Morgan fingerprint density at radius 1 is 1.11 bits per heavy atom. The number of amides is 1. The largest absolute Gasteiger partial charge is 0.365 e. The molecule has 6 nitrogen and oxygen atoms in total. The first-order valence-corrected chi connectivity index (χ1v) is 10.1. The molecule has 5 rings (SSSR count). The van der Waals surface area contributed by atoms with Crippen LogP contribution in [0, 0.1) is 0 Å². The summed E-state index contributed by atoms with van der Waals surface area (Å²) in [7, 11) is 0. The van der Waals surface area contributed by atoms with E-state index in [2.05, 4.69) is 38.0 Å². The van der Waals surface area contributed by atoms with E-state index in [1.54, 1.807) is 4.68 Å². The molecule has 140 valence electrons. The predicted molar refractivity (Wildman–Crippen MR) is 112 cm³/mol. The normalized spacial score (nSPS) is 13.5. The molecule has 7 heteroatoms. The first-order valence-electron chi connectivity index (χ1n) is 9.25. The monoisotopic (exact) mass is 389 g/mol. The van der Waals surface area contributed by atoms with Gasteiger partial charge in [0, 0.05) is 18.0 Å². The number of rotatable bonds is 4. The molecule has 1 amide bonds. The highest BCUT2D eigenvalue weighted by Crippen LogP contribution is 2.32. The molecule has 2 aromatic carbocycles. The minimum Gasteiger partial charge on any atom is -0.365 e. The molecule has 4 aromatic rings. The lowest BCUT2D eigenvalue weighted by molar-refractivity contribution is -0.116. The van der Waals surface area contributed by atoms with Gasteiger partial charge in [0.05, 0.1) is 16.9 Å². The van der Waals surface area contributed by atoms with Crippen LogP contribution < -0.4 is 10.2 Å². The van der Waals surface area contributed by atoms with Crippen molar-refractivity contribution in [2.45, 2.75) is 19.5 Å². The van der Waals surface area contributed by atoms with Crippen molar-refractivity contribution in [3.05, 3.63) is 70.4 Å². The van der Waals surface area contributed by atoms with Crippen LogP contribution >= 0.6 is 11.3 Å². The molecule has 1 aliphatic heterocycles. The van der Waals surface area contributed by atoms with Crippen molar-refractivity contribution in [1.29, 1.82) is 0 Å². The van der Waals surface area contributed by atoms with Crippen molar-refractivity contribution >= 4 is 39.7 Å². The average Bonchev–Trinajstić information content (AvgIpc) is 3.35. The number of para-hydroxylation sites is 3. The summed E-state index contributed by atoms with van der Waals surface area (Å²) >= 11 is 1.83. The highest BCUT2D eigenvalue weighted by molar-refractivity contribution is 7.10. The number of hydrogen-bond acceptors (Lipinski definition) is 5. The average molecular weight is 389 g/mol. The molecule has 2 aromatic heterocycles. The van der Waals surface area contributed by atoms with E-state index in [0.717, 1.165) is 41.9 Å². The van der Waals surface area contributed by atoms with Gasteiger partial charge in [-0.15, -0.1) is 16.4 Å². The molecule has 28 heavy (non-hydrogen) atoms. The highest BCUT2D eigenvalue weighted by Gasteiger charge is 2.20. The van der Waals surface area contributed by atoms with Gasteiger partial charge in [0.15, 0.2) is 0 Å². The van der Waals surface area contributed by atoms with Crippen molar-refractivity contribution < 1.29 is 4.79 Å². The van der Waals surface area contributed by atoms with Gasteiger partial charge in [0.1, 0.15) is 12.1 Å². The van der Waals surface area contributed by atoms with Gasteiger partial charge in [-0.05, 0) is 47.7 Å². The lowest BCUT2D eigenvalue weighted by Crippen LogP contribution is -2.30. The third-order valence-electron chi connectivity index (χ3n) is 5.04. The summed E-state index contributed by atoms with van der Waals surface area (Å²) in [6.45, 7) is 1.96. The Kier molecular flexibility index (Phi) is 4.29. The number of aromatic nitrogens is 3. The first kappa shape index (κ1) is 16.9. The Balaban J connectivity index is 1.35. The summed E-state index contributed by atoms with van der Waals surface area (Å²) in [6, 6.07) is 17.8. The van der Waals surface area contributed by atoms with Gasteiger partial charge >= 0.3 is 0 Å². The van der Waals surface area contributed by atoms with Gasteiger partial charge in [-0.3, -0.25) is 4.79 Å². The maximum absolute atomic E-state index is 12.7. The molecule has 0 saturated heterocycles. The van der Waals surface area contributed by atoms with Crippen LogP contribution in [-0.2, 0) is 24.3 Å². The van der Waals surface area contributed by atoms with E-state index in [4.69, 9.17) is 0 Å². The number of nitrogens with zero attached hydrogens (tertiary/aromatic N) is 4. The van der Waals surface area contributed by atoms with Crippen LogP contribution in [0.5, 0.6) is 0 Å².